The number of hydrogen-bond acceptors (Lipinski definition) is 2. The maximum absolute atomic E-state index is 13.5. The molecule has 0 saturated heterocycles. The second-order valence-electron chi connectivity index (χ2n) is 5.61. The van der Waals surface area contributed by atoms with E-state index in [1.165, 1.54) is 12.1 Å². The van der Waals surface area contributed by atoms with Crippen LogP contribution in [-0.2, 0) is 13.1 Å². The van der Waals surface area contributed by atoms with Gasteiger partial charge in [-0.3, -0.25) is 0 Å². The molecule has 0 aliphatic carbocycles. The zero-order valence-corrected chi connectivity index (χ0v) is 12.4. The van der Waals surface area contributed by atoms with Crippen molar-refractivity contribution >= 4 is 0 Å². The monoisotopic (exact) mass is 285 g/mol. The van der Waals surface area contributed by atoms with Crippen molar-refractivity contribution in [3.63, 3.8) is 0 Å². The average Bonchev–Trinajstić information content (AvgIpc) is 2.85. The Morgan fingerprint density at radius 3 is 2.86 bits per heavy atom. The summed E-state index contributed by atoms with van der Waals surface area (Å²) >= 11 is 0. The van der Waals surface area contributed by atoms with Gasteiger partial charge in [-0.15, -0.1) is 0 Å². The zero-order chi connectivity index (χ0) is 15.2. The molecule has 0 radical (unpaired) electrons. The minimum Gasteiger partial charge on any atom is -0.346 e. The van der Waals surface area contributed by atoms with E-state index in [1.807, 2.05) is 18.3 Å². The van der Waals surface area contributed by atoms with E-state index < -0.39 is 0 Å². The molecule has 0 aliphatic rings. The quantitative estimate of drug-likeness (QED) is 0.884. The molecule has 1 N–H and O–H groups in total. The Morgan fingerprint density at radius 1 is 1.33 bits per heavy atom. The fraction of sp³-hybridized carbons (Fsp3) is 0.353. The predicted octanol–water partition coefficient (Wildman–Crippen LogP) is 3.29. The fourth-order valence-corrected chi connectivity index (χ4v) is 2.26. The molecule has 3 nitrogen and oxygen atoms in total. The molecule has 0 bridgehead atoms. The summed E-state index contributed by atoms with van der Waals surface area (Å²) in [6, 6.07) is 10.5. The topological polar surface area (TPSA) is 40.8 Å². The van der Waals surface area contributed by atoms with Crippen LogP contribution in [0.2, 0.25) is 0 Å². The van der Waals surface area contributed by atoms with E-state index in [9.17, 15) is 4.39 Å². The number of nitrogens with one attached hydrogen (secondary N) is 1. The summed E-state index contributed by atoms with van der Waals surface area (Å²) in [6.07, 6.45) is 1.98. The second kappa shape index (κ2) is 7.05. The van der Waals surface area contributed by atoms with Crippen molar-refractivity contribution in [3.8, 4) is 6.07 Å². The number of benzene rings is 1. The van der Waals surface area contributed by atoms with E-state index in [1.54, 1.807) is 6.07 Å². The van der Waals surface area contributed by atoms with Gasteiger partial charge in [0, 0.05) is 25.0 Å². The van der Waals surface area contributed by atoms with Gasteiger partial charge in [0.1, 0.15) is 5.82 Å². The highest BCUT2D eigenvalue weighted by Crippen LogP contribution is 2.12. The molecule has 2 aromatic rings. The van der Waals surface area contributed by atoms with Crippen molar-refractivity contribution in [2.75, 3.05) is 6.54 Å². The molecular formula is C17H20FN3. The van der Waals surface area contributed by atoms with Gasteiger partial charge in [0.25, 0.3) is 0 Å². The van der Waals surface area contributed by atoms with Crippen molar-refractivity contribution in [3.05, 3.63) is 59.2 Å². The fourth-order valence-electron chi connectivity index (χ4n) is 2.26. The minimum absolute atomic E-state index is 0.358. The number of hydrogen-bond donors (Lipinski definition) is 1. The van der Waals surface area contributed by atoms with Crippen LogP contribution in [0.3, 0.4) is 0 Å². The highest BCUT2D eigenvalue weighted by molar-refractivity contribution is 5.34. The minimum atomic E-state index is -0.365. The summed E-state index contributed by atoms with van der Waals surface area (Å²) in [7, 11) is 0. The first-order chi connectivity index (χ1) is 10.1. The molecular weight excluding hydrogens is 265 g/mol. The highest BCUT2D eigenvalue weighted by Gasteiger charge is 2.05. The first-order valence-corrected chi connectivity index (χ1v) is 7.13. The van der Waals surface area contributed by atoms with Crippen LogP contribution < -0.4 is 5.32 Å². The standard InChI is InChI=1S/C17H20FN3/c1-13(2)10-20-11-17-4-3-5-21(17)12-15-6-14(9-19)7-16(18)8-15/h3-8,13,20H,10-12H2,1-2H3. The number of nitriles is 1. The van der Waals surface area contributed by atoms with Gasteiger partial charge in [-0.25, -0.2) is 4.39 Å². The molecule has 110 valence electrons. The largest absolute Gasteiger partial charge is 0.346 e. The highest BCUT2D eigenvalue weighted by atomic mass is 19.1. The number of aromatic nitrogens is 1. The maximum Gasteiger partial charge on any atom is 0.124 e. The lowest BCUT2D eigenvalue weighted by atomic mass is 10.1. The third-order valence-corrected chi connectivity index (χ3v) is 3.22. The molecule has 0 fully saturated rings. The Labute approximate surface area is 125 Å². The van der Waals surface area contributed by atoms with Gasteiger partial charge in [0.15, 0.2) is 0 Å². The van der Waals surface area contributed by atoms with Gasteiger partial charge in [-0.1, -0.05) is 13.8 Å². The summed E-state index contributed by atoms with van der Waals surface area (Å²) in [5, 5.41) is 12.3. The molecule has 0 saturated carbocycles. The van der Waals surface area contributed by atoms with Gasteiger partial charge < -0.3 is 9.88 Å². The van der Waals surface area contributed by atoms with Crippen molar-refractivity contribution in [1.82, 2.24) is 9.88 Å². The molecule has 0 amide bonds. The van der Waals surface area contributed by atoms with Crippen LogP contribution in [0.25, 0.3) is 0 Å². The molecule has 1 aromatic heterocycles. The smallest absolute Gasteiger partial charge is 0.124 e. The first kappa shape index (κ1) is 15.3. The van der Waals surface area contributed by atoms with Crippen LogP contribution in [-0.4, -0.2) is 11.1 Å². The molecule has 1 aromatic carbocycles. The van der Waals surface area contributed by atoms with Gasteiger partial charge in [-0.2, -0.15) is 5.26 Å². The van der Waals surface area contributed by atoms with E-state index in [2.05, 4.69) is 29.8 Å². The van der Waals surface area contributed by atoms with Crippen molar-refractivity contribution < 1.29 is 4.39 Å². The number of halogens is 1. The summed E-state index contributed by atoms with van der Waals surface area (Å²) in [5.41, 5.74) is 2.31. The van der Waals surface area contributed by atoms with Gasteiger partial charge in [0.2, 0.25) is 0 Å². The van der Waals surface area contributed by atoms with Crippen LogP contribution in [0.15, 0.2) is 36.5 Å². The average molecular weight is 285 g/mol. The normalized spacial score (nSPS) is 10.8. The molecule has 0 unspecified atom stereocenters. The van der Waals surface area contributed by atoms with Crippen molar-refractivity contribution in [2.24, 2.45) is 5.92 Å². The first-order valence-electron chi connectivity index (χ1n) is 7.13. The number of rotatable bonds is 6. The Morgan fingerprint density at radius 2 is 2.14 bits per heavy atom. The lowest BCUT2D eigenvalue weighted by Crippen LogP contribution is -2.20. The third-order valence-electron chi connectivity index (χ3n) is 3.22. The molecule has 0 aliphatic heterocycles. The Balaban J connectivity index is 2.08. The van der Waals surface area contributed by atoms with E-state index in [-0.39, 0.29) is 5.82 Å². The SMILES string of the molecule is CC(C)CNCc1cccn1Cc1cc(F)cc(C#N)c1. The van der Waals surface area contributed by atoms with E-state index in [0.29, 0.717) is 18.0 Å². The van der Waals surface area contributed by atoms with Crippen LogP contribution >= 0.6 is 0 Å². The maximum atomic E-state index is 13.5. The summed E-state index contributed by atoms with van der Waals surface area (Å²) in [4.78, 5) is 0. The number of nitrogens with zero attached hydrogens (tertiary/aromatic N) is 2. The third kappa shape index (κ3) is 4.44. The zero-order valence-electron chi connectivity index (χ0n) is 12.4. The molecule has 21 heavy (non-hydrogen) atoms. The van der Waals surface area contributed by atoms with Gasteiger partial charge in [0.05, 0.1) is 11.6 Å². The summed E-state index contributed by atoms with van der Waals surface area (Å²) in [6.45, 7) is 6.65. The van der Waals surface area contributed by atoms with Crippen molar-refractivity contribution in [1.29, 1.82) is 5.26 Å². The second-order valence-corrected chi connectivity index (χ2v) is 5.61. The van der Waals surface area contributed by atoms with Crippen molar-refractivity contribution in [2.45, 2.75) is 26.9 Å². The Hall–Kier alpha value is -2.12. The van der Waals surface area contributed by atoms with Crippen LogP contribution in [0.5, 0.6) is 0 Å². The summed E-state index contributed by atoms with van der Waals surface area (Å²) in [5.74, 6) is 0.241. The lowest BCUT2D eigenvalue weighted by molar-refractivity contribution is 0.538. The molecule has 0 spiro atoms. The van der Waals surface area contributed by atoms with E-state index in [0.717, 1.165) is 24.3 Å². The van der Waals surface area contributed by atoms with Gasteiger partial charge >= 0.3 is 0 Å². The van der Waals surface area contributed by atoms with E-state index in [4.69, 9.17) is 5.26 Å². The lowest BCUT2D eigenvalue weighted by Gasteiger charge is -2.12. The summed E-state index contributed by atoms with van der Waals surface area (Å²) < 4.78 is 15.5. The Kier molecular flexibility index (Phi) is 5.13. The van der Waals surface area contributed by atoms with Crippen LogP contribution in [0, 0.1) is 23.1 Å². The molecule has 1 heterocycles. The van der Waals surface area contributed by atoms with Crippen LogP contribution in [0.1, 0.15) is 30.7 Å². The van der Waals surface area contributed by atoms with E-state index >= 15 is 0 Å². The molecule has 0 atom stereocenters. The van der Waals surface area contributed by atoms with Gasteiger partial charge in [-0.05, 0) is 48.4 Å². The van der Waals surface area contributed by atoms with Crippen LogP contribution in [0.4, 0.5) is 4.39 Å². The Bertz CT molecular complexity index is 638. The molecule has 2 rings (SSSR count). The molecule has 4 heteroatoms. The predicted molar refractivity (Wildman–Crippen MR) is 81.2 cm³/mol.